The molecule has 0 aliphatic carbocycles. The fourth-order valence-electron chi connectivity index (χ4n) is 1.07. The molecule has 0 saturated carbocycles. The third-order valence-electron chi connectivity index (χ3n) is 1.92. The van der Waals surface area contributed by atoms with Crippen LogP contribution in [0.3, 0.4) is 0 Å². The van der Waals surface area contributed by atoms with Crippen LogP contribution in [0.15, 0.2) is 4.90 Å². The summed E-state index contributed by atoms with van der Waals surface area (Å²) in [5.41, 5.74) is 0.930. The molecule has 4 nitrogen and oxygen atoms in total. The first kappa shape index (κ1) is 12.0. The van der Waals surface area contributed by atoms with E-state index < -0.39 is 11.2 Å². The zero-order chi connectivity index (χ0) is 11.8. The van der Waals surface area contributed by atoms with Crippen LogP contribution >= 0.6 is 11.8 Å². The summed E-state index contributed by atoms with van der Waals surface area (Å²) in [6, 6.07) is 0. The lowest BCUT2D eigenvalue weighted by Crippen LogP contribution is -2.23. The van der Waals surface area contributed by atoms with E-state index in [1.54, 1.807) is 20.9 Å². The lowest BCUT2D eigenvalue weighted by atomic mass is 10.4. The number of carboxylic acid groups (broad SMARTS) is 1. The Hall–Kier alpha value is -1.11. The van der Waals surface area contributed by atoms with Crippen molar-refractivity contribution in [2.45, 2.75) is 24.0 Å². The van der Waals surface area contributed by atoms with Gasteiger partial charge in [0.1, 0.15) is 0 Å². The molecule has 1 N–H and O–H groups in total. The maximum atomic E-state index is 12.9. The molecule has 1 rings (SSSR count). The molecule has 0 aromatic carbocycles. The van der Waals surface area contributed by atoms with Crippen molar-refractivity contribution < 1.29 is 18.7 Å². The maximum absolute atomic E-state index is 12.9. The van der Waals surface area contributed by atoms with E-state index in [1.807, 2.05) is 0 Å². The second-order valence-electron chi connectivity index (χ2n) is 3.05. The number of thioether (sulfide) groups is 1. The molecule has 84 valence electrons. The molecule has 7 heteroatoms. The first-order valence-corrected chi connectivity index (χ1v) is 4.87. The summed E-state index contributed by atoms with van der Waals surface area (Å²) in [7, 11) is 1.62. The Labute approximate surface area is 89.3 Å². The van der Waals surface area contributed by atoms with Crippen molar-refractivity contribution in [3.63, 3.8) is 0 Å². The number of aliphatic carboxylic acids is 1. The number of alkyl halides is 2. The molecule has 0 saturated heterocycles. The molecule has 0 amide bonds. The standard InChI is InChI=1S/C8H10F2N2O2S/c1-4-6(5(2)12(3)11-4)15-8(9,10)7(13)14/h1-3H3,(H,13,14). The third kappa shape index (κ3) is 2.28. The first-order valence-electron chi connectivity index (χ1n) is 4.06. The summed E-state index contributed by atoms with van der Waals surface area (Å²) < 4.78 is 27.3. The molecule has 15 heavy (non-hydrogen) atoms. The van der Waals surface area contributed by atoms with Crippen LogP contribution in [0.4, 0.5) is 8.78 Å². The van der Waals surface area contributed by atoms with Gasteiger partial charge in [0, 0.05) is 12.7 Å². The Morgan fingerprint density at radius 1 is 1.53 bits per heavy atom. The van der Waals surface area contributed by atoms with Gasteiger partial charge in [0.25, 0.3) is 0 Å². The van der Waals surface area contributed by atoms with Crippen LogP contribution in [-0.4, -0.2) is 26.1 Å². The van der Waals surface area contributed by atoms with Crippen LogP contribution < -0.4 is 0 Å². The van der Waals surface area contributed by atoms with Crippen LogP contribution in [0.25, 0.3) is 0 Å². The number of carbonyl (C=O) groups is 1. The first-order chi connectivity index (χ1) is 6.75. The van der Waals surface area contributed by atoms with Crippen molar-refractivity contribution in [3.8, 4) is 0 Å². The van der Waals surface area contributed by atoms with Gasteiger partial charge in [-0.2, -0.15) is 13.9 Å². The maximum Gasteiger partial charge on any atom is 0.393 e. The molecule has 0 aliphatic heterocycles. The van der Waals surface area contributed by atoms with Crippen molar-refractivity contribution in [1.29, 1.82) is 0 Å². The van der Waals surface area contributed by atoms with E-state index in [0.717, 1.165) is 0 Å². The van der Waals surface area contributed by atoms with Gasteiger partial charge in [-0.3, -0.25) is 4.68 Å². The van der Waals surface area contributed by atoms with Crippen molar-refractivity contribution in [1.82, 2.24) is 9.78 Å². The smallest absolute Gasteiger partial charge is 0.393 e. The number of hydrogen-bond donors (Lipinski definition) is 1. The van der Waals surface area contributed by atoms with Gasteiger partial charge >= 0.3 is 11.2 Å². The SMILES string of the molecule is Cc1nn(C)c(C)c1SC(F)(F)C(=O)O. The Morgan fingerprint density at radius 2 is 2.07 bits per heavy atom. The van der Waals surface area contributed by atoms with Gasteiger partial charge in [0.15, 0.2) is 0 Å². The largest absolute Gasteiger partial charge is 0.476 e. The van der Waals surface area contributed by atoms with Gasteiger partial charge in [-0.1, -0.05) is 0 Å². The summed E-state index contributed by atoms with van der Waals surface area (Å²) in [4.78, 5) is 10.5. The van der Waals surface area contributed by atoms with Crippen molar-refractivity contribution in [3.05, 3.63) is 11.4 Å². The number of hydrogen-bond acceptors (Lipinski definition) is 3. The fraction of sp³-hybridized carbons (Fsp3) is 0.500. The van der Waals surface area contributed by atoms with Crippen molar-refractivity contribution in [2.75, 3.05) is 0 Å². The Morgan fingerprint density at radius 3 is 2.40 bits per heavy atom. The Bertz CT molecular complexity index is 404. The lowest BCUT2D eigenvalue weighted by molar-refractivity contribution is -0.152. The van der Waals surface area contributed by atoms with E-state index in [9.17, 15) is 13.6 Å². The molecule has 0 spiro atoms. The number of rotatable bonds is 3. The Kier molecular flexibility index (Phi) is 3.03. The topological polar surface area (TPSA) is 55.1 Å². The normalized spacial score (nSPS) is 11.8. The van der Waals surface area contributed by atoms with Gasteiger partial charge in [-0.25, -0.2) is 4.79 Å². The number of aryl methyl sites for hydroxylation is 2. The number of halogens is 2. The van der Waals surface area contributed by atoms with E-state index >= 15 is 0 Å². The minimum Gasteiger partial charge on any atom is -0.476 e. The van der Waals surface area contributed by atoms with Gasteiger partial charge < -0.3 is 5.11 Å². The predicted octanol–water partition coefficient (Wildman–Crippen LogP) is 1.81. The number of carboxylic acids is 1. The summed E-state index contributed by atoms with van der Waals surface area (Å²) in [6.45, 7) is 3.17. The summed E-state index contributed by atoms with van der Waals surface area (Å²) >= 11 is 0.0119. The highest BCUT2D eigenvalue weighted by Gasteiger charge is 2.41. The van der Waals surface area contributed by atoms with Crippen LogP contribution in [0, 0.1) is 13.8 Å². The molecule has 0 fully saturated rings. The monoisotopic (exact) mass is 236 g/mol. The number of aromatic nitrogens is 2. The molecule has 1 aromatic heterocycles. The van der Waals surface area contributed by atoms with E-state index in [4.69, 9.17) is 5.11 Å². The number of nitrogens with zero attached hydrogens (tertiary/aromatic N) is 2. The average Bonchev–Trinajstić information content (AvgIpc) is 2.32. The molecule has 0 radical (unpaired) electrons. The van der Waals surface area contributed by atoms with E-state index in [2.05, 4.69) is 5.10 Å². The molecule has 0 unspecified atom stereocenters. The van der Waals surface area contributed by atoms with Crippen LogP contribution in [0.2, 0.25) is 0 Å². The summed E-state index contributed by atoms with van der Waals surface area (Å²) in [6.07, 6.45) is 0. The molecule has 0 atom stereocenters. The molecular formula is C8H10F2N2O2S. The van der Waals surface area contributed by atoms with Crippen LogP contribution in [0.1, 0.15) is 11.4 Å². The zero-order valence-electron chi connectivity index (χ0n) is 8.41. The minimum atomic E-state index is -3.82. The molecule has 0 aliphatic rings. The highest BCUT2D eigenvalue weighted by molar-refractivity contribution is 8.01. The lowest BCUT2D eigenvalue weighted by Gasteiger charge is -2.10. The average molecular weight is 236 g/mol. The predicted molar refractivity (Wildman–Crippen MR) is 51.1 cm³/mol. The van der Waals surface area contributed by atoms with Gasteiger partial charge in [0.05, 0.1) is 10.6 Å². The van der Waals surface area contributed by atoms with Crippen LogP contribution in [0.5, 0.6) is 0 Å². The van der Waals surface area contributed by atoms with Gasteiger partial charge in [-0.15, -0.1) is 0 Å². The second kappa shape index (κ2) is 3.80. The third-order valence-corrected chi connectivity index (χ3v) is 3.15. The quantitative estimate of drug-likeness (QED) is 0.813. The van der Waals surface area contributed by atoms with E-state index in [-0.39, 0.29) is 16.7 Å². The van der Waals surface area contributed by atoms with Gasteiger partial charge in [0.2, 0.25) is 0 Å². The highest BCUT2D eigenvalue weighted by atomic mass is 32.2. The van der Waals surface area contributed by atoms with E-state index in [0.29, 0.717) is 11.4 Å². The molecule has 1 heterocycles. The molecule has 0 bridgehead atoms. The Balaban J connectivity index is 3.04. The minimum absolute atomic E-state index is 0.0119. The van der Waals surface area contributed by atoms with Crippen molar-refractivity contribution >= 4 is 17.7 Å². The fourth-order valence-corrected chi connectivity index (χ4v) is 1.89. The highest BCUT2D eigenvalue weighted by Crippen LogP contribution is 2.39. The molecule has 1 aromatic rings. The van der Waals surface area contributed by atoms with Crippen molar-refractivity contribution in [2.24, 2.45) is 7.05 Å². The van der Waals surface area contributed by atoms with Crippen LogP contribution in [-0.2, 0) is 11.8 Å². The molecular weight excluding hydrogens is 226 g/mol. The summed E-state index contributed by atoms with van der Waals surface area (Å²) in [5.74, 6) is -2.14. The zero-order valence-corrected chi connectivity index (χ0v) is 9.23. The second-order valence-corrected chi connectivity index (χ2v) is 4.17. The van der Waals surface area contributed by atoms with E-state index in [1.165, 1.54) is 4.68 Å². The van der Waals surface area contributed by atoms with Gasteiger partial charge in [-0.05, 0) is 25.6 Å². The summed E-state index contributed by atoms with van der Waals surface area (Å²) in [5, 5.41) is 8.40.